The van der Waals surface area contributed by atoms with Crippen molar-refractivity contribution in [2.75, 3.05) is 6.61 Å². The molecule has 1 unspecified atom stereocenters. The first-order valence-electron chi connectivity index (χ1n) is 4.98. The van der Waals surface area contributed by atoms with Crippen molar-refractivity contribution in [1.29, 1.82) is 0 Å². The molecule has 2 rings (SSSR count). The molecule has 2 aromatic carbocycles. The molecular weight excluding hydrogens is 239 g/mol. The molecule has 0 heterocycles. The summed E-state index contributed by atoms with van der Waals surface area (Å²) in [6.45, 7) is -0.385. The number of hydrogen-bond donors (Lipinski definition) is 1. The molecule has 0 aliphatic carbocycles. The van der Waals surface area contributed by atoms with E-state index in [0.717, 1.165) is 10.8 Å². The van der Waals surface area contributed by atoms with E-state index in [1.54, 1.807) is 12.1 Å². The molecule has 4 nitrogen and oxygen atoms in total. The fraction of sp³-hybridized carbons (Fsp3) is 0.0833. The average Bonchev–Trinajstić information content (AvgIpc) is 2.35. The fourth-order valence-electron chi connectivity index (χ4n) is 1.56. The van der Waals surface area contributed by atoms with Gasteiger partial charge in [-0.1, -0.05) is 36.4 Å². The van der Waals surface area contributed by atoms with E-state index < -0.39 is 8.25 Å². The SMILES string of the molecule is O=C(CO[P+](=O)O)c1ccc2ccccc2c1. The maximum Gasteiger partial charge on any atom is 0.695 e. The Kier molecular flexibility index (Phi) is 3.59. The van der Waals surface area contributed by atoms with Crippen molar-refractivity contribution in [3.05, 3.63) is 48.0 Å². The number of hydrogen-bond acceptors (Lipinski definition) is 3. The zero-order chi connectivity index (χ0) is 12.3. The van der Waals surface area contributed by atoms with Gasteiger partial charge in [-0.05, 0) is 16.8 Å². The highest BCUT2D eigenvalue weighted by Crippen LogP contribution is 2.18. The van der Waals surface area contributed by atoms with Gasteiger partial charge in [0.2, 0.25) is 0 Å². The highest BCUT2D eigenvalue weighted by Gasteiger charge is 2.16. The minimum atomic E-state index is -2.73. The third-order valence-electron chi connectivity index (χ3n) is 2.38. The second-order valence-corrected chi connectivity index (χ2v) is 4.23. The van der Waals surface area contributed by atoms with Gasteiger partial charge in [0.25, 0.3) is 0 Å². The van der Waals surface area contributed by atoms with Crippen LogP contribution in [0.2, 0.25) is 0 Å². The zero-order valence-electron chi connectivity index (χ0n) is 8.87. The minimum Gasteiger partial charge on any atom is -0.291 e. The summed E-state index contributed by atoms with van der Waals surface area (Å²) in [4.78, 5) is 20.1. The van der Waals surface area contributed by atoms with Gasteiger partial charge in [-0.25, -0.2) is 0 Å². The summed E-state index contributed by atoms with van der Waals surface area (Å²) in [5, 5.41) is 1.99. The topological polar surface area (TPSA) is 63.6 Å². The molecule has 1 N–H and O–H groups in total. The molecule has 0 aliphatic rings. The van der Waals surface area contributed by atoms with Crippen LogP contribution in [-0.4, -0.2) is 17.3 Å². The first-order chi connectivity index (χ1) is 8.16. The molecule has 0 aromatic heterocycles. The quantitative estimate of drug-likeness (QED) is 0.668. The fourth-order valence-corrected chi connectivity index (χ4v) is 1.79. The molecule has 0 bridgehead atoms. The smallest absolute Gasteiger partial charge is 0.291 e. The van der Waals surface area contributed by atoms with Crippen molar-refractivity contribution in [1.82, 2.24) is 0 Å². The molecule has 17 heavy (non-hydrogen) atoms. The van der Waals surface area contributed by atoms with E-state index in [0.29, 0.717) is 5.56 Å². The van der Waals surface area contributed by atoms with E-state index >= 15 is 0 Å². The summed E-state index contributed by atoms with van der Waals surface area (Å²) >= 11 is 0. The van der Waals surface area contributed by atoms with Crippen LogP contribution in [0.3, 0.4) is 0 Å². The predicted octanol–water partition coefficient (Wildman–Crippen LogP) is 2.69. The molecule has 5 heteroatoms. The number of rotatable bonds is 4. The van der Waals surface area contributed by atoms with E-state index in [2.05, 4.69) is 4.52 Å². The maximum absolute atomic E-state index is 11.6. The largest absolute Gasteiger partial charge is 0.695 e. The van der Waals surface area contributed by atoms with E-state index in [9.17, 15) is 9.36 Å². The van der Waals surface area contributed by atoms with Crippen LogP contribution in [0, 0.1) is 0 Å². The second kappa shape index (κ2) is 5.15. The Morgan fingerprint density at radius 1 is 1.18 bits per heavy atom. The molecule has 0 fully saturated rings. The average molecular weight is 249 g/mol. The Morgan fingerprint density at radius 2 is 1.88 bits per heavy atom. The molecule has 2 aromatic rings. The van der Waals surface area contributed by atoms with Gasteiger partial charge in [-0.2, -0.15) is 0 Å². The number of fused-ring (bicyclic) bond motifs is 1. The molecule has 86 valence electrons. The van der Waals surface area contributed by atoms with Gasteiger partial charge in [0.1, 0.15) is 0 Å². The first kappa shape index (κ1) is 11.9. The van der Waals surface area contributed by atoms with Gasteiger partial charge in [0, 0.05) is 10.1 Å². The zero-order valence-corrected chi connectivity index (χ0v) is 9.76. The van der Waals surface area contributed by atoms with Gasteiger partial charge in [0.15, 0.2) is 12.4 Å². The number of benzene rings is 2. The molecular formula is C12H10O4P+. The second-order valence-electron chi connectivity index (χ2n) is 3.50. The highest BCUT2D eigenvalue weighted by molar-refractivity contribution is 7.32. The molecule has 1 atom stereocenters. The number of carbonyl (C=O) groups is 1. The summed E-state index contributed by atoms with van der Waals surface area (Å²) in [6.07, 6.45) is 0. The van der Waals surface area contributed by atoms with E-state index in [1.807, 2.05) is 30.3 Å². The van der Waals surface area contributed by atoms with Crippen LogP contribution in [0.15, 0.2) is 42.5 Å². The van der Waals surface area contributed by atoms with Crippen molar-refractivity contribution < 1.29 is 18.8 Å². The Bertz CT molecular complexity index is 579. The lowest BCUT2D eigenvalue weighted by atomic mass is 10.0. The van der Waals surface area contributed by atoms with Crippen LogP contribution in [-0.2, 0) is 9.09 Å². The molecule has 0 spiro atoms. The Hall–Kier alpha value is -1.61. The van der Waals surface area contributed by atoms with Crippen molar-refractivity contribution in [2.45, 2.75) is 0 Å². The molecule has 0 saturated heterocycles. The Balaban J connectivity index is 2.24. The summed E-state index contributed by atoms with van der Waals surface area (Å²) < 4.78 is 14.7. The van der Waals surface area contributed by atoms with Crippen LogP contribution < -0.4 is 0 Å². The Morgan fingerprint density at radius 3 is 2.59 bits per heavy atom. The van der Waals surface area contributed by atoms with E-state index in [-0.39, 0.29) is 12.4 Å². The van der Waals surface area contributed by atoms with Gasteiger partial charge < -0.3 is 0 Å². The van der Waals surface area contributed by atoms with Gasteiger partial charge in [-0.15, -0.1) is 9.42 Å². The molecule has 0 aliphatic heterocycles. The first-order valence-corrected chi connectivity index (χ1v) is 6.11. The number of Topliss-reactive ketones (excluding diaryl/α,β-unsaturated/α-hetero) is 1. The van der Waals surface area contributed by atoms with E-state index in [1.165, 1.54) is 0 Å². The highest BCUT2D eigenvalue weighted by atomic mass is 31.1. The van der Waals surface area contributed by atoms with Crippen molar-refractivity contribution in [3.63, 3.8) is 0 Å². The third-order valence-corrected chi connectivity index (χ3v) is 2.73. The lowest BCUT2D eigenvalue weighted by Gasteiger charge is -2.00. The van der Waals surface area contributed by atoms with E-state index in [4.69, 9.17) is 4.89 Å². The van der Waals surface area contributed by atoms with Gasteiger partial charge in [-0.3, -0.25) is 4.79 Å². The minimum absolute atomic E-state index is 0.312. The normalized spacial score (nSPS) is 11.5. The van der Waals surface area contributed by atoms with Gasteiger partial charge >= 0.3 is 8.25 Å². The van der Waals surface area contributed by atoms with Gasteiger partial charge in [0.05, 0.1) is 0 Å². The third kappa shape index (κ3) is 2.94. The lowest BCUT2D eigenvalue weighted by molar-refractivity contribution is 0.0917. The van der Waals surface area contributed by atoms with Crippen LogP contribution in [0.5, 0.6) is 0 Å². The molecule has 0 radical (unpaired) electrons. The Labute approximate surface area is 98.8 Å². The summed E-state index contributed by atoms with van der Waals surface area (Å²) in [5.41, 5.74) is 0.473. The monoisotopic (exact) mass is 249 g/mol. The predicted molar refractivity (Wildman–Crippen MR) is 64.1 cm³/mol. The number of ketones is 1. The summed E-state index contributed by atoms with van der Waals surface area (Å²) in [5.74, 6) is -0.312. The van der Waals surface area contributed by atoms with Crippen molar-refractivity contribution in [2.24, 2.45) is 0 Å². The van der Waals surface area contributed by atoms with Crippen LogP contribution in [0.25, 0.3) is 10.8 Å². The van der Waals surface area contributed by atoms with Crippen molar-refractivity contribution in [3.8, 4) is 0 Å². The molecule has 0 amide bonds. The summed E-state index contributed by atoms with van der Waals surface area (Å²) in [7, 11) is -2.73. The standard InChI is InChI=1S/C12H9O4P/c13-12(8-16-17(14)15)11-6-5-9-3-1-2-4-10(9)7-11/h1-7H,8H2/p+1. The van der Waals surface area contributed by atoms with Crippen LogP contribution in [0.4, 0.5) is 0 Å². The lowest BCUT2D eigenvalue weighted by Crippen LogP contribution is -2.05. The number of carbonyl (C=O) groups excluding carboxylic acids is 1. The molecule has 0 saturated carbocycles. The maximum atomic E-state index is 11.6. The van der Waals surface area contributed by atoms with Crippen LogP contribution >= 0.6 is 8.25 Å². The summed E-state index contributed by atoms with van der Waals surface area (Å²) in [6, 6.07) is 12.9. The van der Waals surface area contributed by atoms with Crippen molar-refractivity contribution >= 4 is 24.8 Å². The van der Waals surface area contributed by atoms with Crippen LogP contribution in [0.1, 0.15) is 10.4 Å².